The van der Waals surface area contributed by atoms with Crippen LogP contribution in [0.5, 0.6) is 5.88 Å². The van der Waals surface area contributed by atoms with Crippen LogP contribution < -0.4 is 4.74 Å². The molecule has 28 heavy (non-hydrogen) atoms. The molecule has 1 aromatic heterocycles. The maximum absolute atomic E-state index is 12.7. The van der Waals surface area contributed by atoms with Crippen LogP contribution in [0.25, 0.3) is 4.85 Å². The van der Waals surface area contributed by atoms with E-state index in [1.54, 1.807) is 6.07 Å². The zero-order chi connectivity index (χ0) is 19.5. The molecule has 2 aromatic carbocycles. The minimum absolute atomic E-state index is 0.0332. The first-order valence-electron chi connectivity index (χ1n) is 9.14. The summed E-state index contributed by atoms with van der Waals surface area (Å²) in [6.07, 6.45) is 0. The van der Waals surface area contributed by atoms with Crippen molar-refractivity contribution in [3.63, 3.8) is 0 Å². The van der Waals surface area contributed by atoms with Gasteiger partial charge in [0.2, 0.25) is 5.88 Å². The van der Waals surface area contributed by atoms with E-state index >= 15 is 0 Å². The van der Waals surface area contributed by atoms with Crippen LogP contribution in [-0.2, 0) is 19.7 Å². The molecular formula is C22H20N4O2. The Hall–Kier alpha value is -3.59. The average molecular weight is 372 g/mol. The van der Waals surface area contributed by atoms with Gasteiger partial charge in [-0.25, -0.2) is 4.85 Å². The number of nitrogens with zero attached hydrogens (tertiary/aromatic N) is 4. The summed E-state index contributed by atoms with van der Waals surface area (Å²) in [6, 6.07) is 16.9. The third-order valence-electron chi connectivity index (χ3n) is 4.79. The second-order valence-electron chi connectivity index (χ2n) is 6.86. The van der Waals surface area contributed by atoms with Crippen LogP contribution in [0.2, 0.25) is 0 Å². The number of carbonyl (C=O) groups is 1. The molecule has 0 unspecified atom stereocenters. The Bertz CT molecular complexity index is 1050. The van der Waals surface area contributed by atoms with Crippen molar-refractivity contribution in [3.8, 4) is 5.88 Å². The number of hydrogen-bond acceptors (Lipinski definition) is 3. The van der Waals surface area contributed by atoms with E-state index in [4.69, 9.17) is 11.3 Å². The van der Waals surface area contributed by atoms with Crippen LogP contribution in [0.4, 0.5) is 5.69 Å². The zero-order valence-corrected chi connectivity index (χ0v) is 15.6. The van der Waals surface area contributed by atoms with Crippen molar-refractivity contribution < 1.29 is 9.53 Å². The van der Waals surface area contributed by atoms with E-state index < -0.39 is 0 Å². The van der Waals surface area contributed by atoms with Gasteiger partial charge in [0.25, 0.3) is 5.91 Å². The highest BCUT2D eigenvalue weighted by molar-refractivity contribution is 5.94. The predicted molar refractivity (Wildman–Crippen MR) is 105 cm³/mol. The van der Waals surface area contributed by atoms with Gasteiger partial charge in [-0.2, -0.15) is 0 Å². The quantitative estimate of drug-likeness (QED) is 0.651. The maximum Gasteiger partial charge on any atom is 0.254 e. The molecule has 0 bridgehead atoms. The van der Waals surface area contributed by atoms with Gasteiger partial charge in [-0.05, 0) is 30.7 Å². The Morgan fingerprint density at radius 3 is 2.79 bits per heavy atom. The molecule has 1 aliphatic heterocycles. The number of carbonyl (C=O) groups excluding carboxylic acids is 1. The standard InChI is InChI=1S/C22H20N4O2/c1-16-6-8-18(9-7-16)22(27)25-10-11-26-20(14-25)13-21(24-26)28-15-17-4-3-5-19(12-17)23-2/h3-9,12-13H,10-11,14-15H2,1H3. The highest BCUT2D eigenvalue weighted by atomic mass is 16.5. The van der Waals surface area contributed by atoms with Crippen LogP contribution in [0.3, 0.4) is 0 Å². The Labute approximate surface area is 163 Å². The van der Waals surface area contributed by atoms with Gasteiger partial charge in [0.05, 0.1) is 25.4 Å². The first-order chi connectivity index (χ1) is 13.6. The summed E-state index contributed by atoms with van der Waals surface area (Å²) < 4.78 is 7.69. The molecular weight excluding hydrogens is 352 g/mol. The molecule has 0 atom stereocenters. The highest BCUT2D eigenvalue weighted by Gasteiger charge is 2.23. The molecule has 0 saturated heterocycles. The third kappa shape index (κ3) is 3.74. The van der Waals surface area contributed by atoms with Crippen molar-refractivity contribution in [1.29, 1.82) is 0 Å². The van der Waals surface area contributed by atoms with Gasteiger partial charge >= 0.3 is 0 Å². The Kier molecular flexibility index (Phi) is 4.81. The van der Waals surface area contributed by atoms with Gasteiger partial charge in [0, 0.05) is 18.2 Å². The summed E-state index contributed by atoms with van der Waals surface area (Å²) in [5, 5.41) is 4.48. The molecule has 4 rings (SSSR count). The monoisotopic (exact) mass is 372 g/mol. The van der Waals surface area contributed by atoms with E-state index in [0.717, 1.165) is 16.8 Å². The largest absolute Gasteiger partial charge is 0.472 e. The van der Waals surface area contributed by atoms with Crippen molar-refractivity contribution >= 4 is 11.6 Å². The van der Waals surface area contributed by atoms with Crippen LogP contribution in [-0.4, -0.2) is 27.1 Å². The number of rotatable bonds is 4. The minimum Gasteiger partial charge on any atom is -0.472 e. The van der Waals surface area contributed by atoms with Crippen LogP contribution >= 0.6 is 0 Å². The maximum atomic E-state index is 12.7. The summed E-state index contributed by atoms with van der Waals surface area (Å²) in [7, 11) is 0. The fourth-order valence-corrected chi connectivity index (χ4v) is 3.24. The Morgan fingerprint density at radius 1 is 1.18 bits per heavy atom. The van der Waals surface area contributed by atoms with Gasteiger partial charge < -0.3 is 9.64 Å². The highest BCUT2D eigenvalue weighted by Crippen LogP contribution is 2.21. The molecule has 0 spiro atoms. The van der Waals surface area contributed by atoms with Gasteiger partial charge in [0.15, 0.2) is 5.69 Å². The minimum atomic E-state index is 0.0332. The number of aryl methyl sites for hydroxylation is 1. The van der Waals surface area contributed by atoms with E-state index in [0.29, 0.717) is 43.4 Å². The van der Waals surface area contributed by atoms with Crippen molar-refractivity contribution in [2.45, 2.75) is 26.6 Å². The number of aromatic nitrogens is 2. The summed E-state index contributed by atoms with van der Waals surface area (Å²) in [4.78, 5) is 18.0. The molecule has 6 heteroatoms. The smallest absolute Gasteiger partial charge is 0.254 e. The number of hydrogen-bond donors (Lipinski definition) is 0. The molecule has 1 amide bonds. The van der Waals surface area contributed by atoms with Crippen molar-refractivity contribution in [1.82, 2.24) is 14.7 Å². The number of fused-ring (bicyclic) bond motifs is 1. The number of ether oxygens (including phenoxy) is 1. The lowest BCUT2D eigenvalue weighted by atomic mass is 10.1. The van der Waals surface area contributed by atoms with Gasteiger partial charge in [-0.1, -0.05) is 35.9 Å². The first-order valence-corrected chi connectivity index (χ1v) is 9.14. The molecule has 0 fully saturated rings. The topological polar surface area (TPSA) is 51.7 Å². The Balaban J connectivity index is 1.42. The number of benzene rings is 2. The van der Waals surface area contributed by atoms with E-state index in [1.165, 1.54) is 0 Å². The summed E-state index contributed by atoms with van der Waals surface area (Å²) >= 11 is 0. The van der Waals surface area contributed by atoms with Crippen LogP contribution in [0, 0.1) is 13.5 Å². The fraction of sp³-hybridized carbons (Fsp3) is 0.227. The average Bonchev–Trinajstić information content (AvgIpc) is 3.14. The second kappa shape index (κ2) is 7.57. The molecule has 1 aliphatic rings. The van der Waals surface area contributed by atoms with Crippen LogP contribution in [0.15, 0.2) is 54.6 Å². The van der Waals surface area contributed by atoms with Crippen LogP contribution in [0.1, 0.15) is 27.2 Å². The van der Waals surface area contributed by atoms with Gasteiger partial charge in [-0.15, -0.1) is 5.10 Å². The molecule has 0 saturated carbocycles. The van der Waals surface area contributed by atoms with E-state index in [-0.39, 0.29) is 5.91 Å². The molecule has 2 heterocycles. The van der Waals surface area contributed by atoms with E-state index in [1.807, 2.05) is 65.0 Å². The van der Waals surface area contributed by atoms with Crippen molar-refractivity contribution in [2.24, 2.45) is 0 Å². The second-order valence-corrected chi connectivity index (χ2v) is 6.86. The van der Waals surface area contributed by atoms with E-state index in [2.05, 4.69) is 9.94 Å². The lowest BCUT2D eigenvalue weighted by Gasteiger charge is -2.27. The summed E-state index contributed by atoms with van der Waals surface area (Å²) in [5.41, 5.74) is 4.31. The van der Waals surface area contributed by atoms with Gasteiger partial charge in [-0.3, -0.25) is 9.48 Å². The third-order valence-corrected chi connectivity index (χ3v) is 4.79. The number of amides is 1. The molecule has 6 nitrogen and oxygen atoms in total. The van der Waals surface area contributed by atoms with Crippen molar-refractivity contribution in [2.75, 3.05) is 6.54 Å². The molecule has 3 aromatic rings. The van der Waals surface area contributed by atoms with Crippen molar-refractivity contribution in [3.05, 3.63) is 88.4 Å². The lowest BCUT2D eigenvalue weighted by molar-refractivity contribution is 0.0706. The van der Waals surface area contributed by atoms with Gasteiger partial charge in [0.1, 0.15) is 6.61 Å². The first kappa shape index (κ1) is 17.8. The van der Waals surface area contributed by atoms with E-state index in [9.17, 15) is 4.79 Å². The zero-order valence-electron chi connectivity index (χ0n) is 15.6. The summed E-state index contributed by atoms with van der Waals surface area (Å²) in [5.74, 6) is 0.568. The molecule has 0 N–H and O–H groups in total. The summed E-state index contributed by atoms with van der Waals surface area (Å²) in [6.45, 7) is 11.2. The molecule has 140 valence electrons. The SMILES string of the molecule is [C-]#[N+]c1cccc(COc2cc3n(n2)CCN(C(=O)c2ccc(C)cc2)C3)c1. The Morgan fingerprint density at radius 2 is 2.00 bits per heavy atom. The lowest BCUT2D eigenvalue weighted by Crippen LogP contribution is -2.38. The molecule has 0 radical (unpaired) electrons. The fourth-order valence-electron chi connectivity index (χ4n) is 3.24. The predicted octanol–water partition coefficient (Wildman–Crippen LogP) is 3.98. The molecule has 0 aliphatic carbocycles. The normalized spacial score (nSPS) is 12.9.